The molecule has 12 rings (SSSR count). The van der Waals surface area contributed by atoms with Crippen LogP contribution in [0.25, 0.3) is 11.1 Å². The van der Waals surface area contributed by atoms with Crippen molar-refractivity contribution in [3.8, 4) is 16.9 Å². The molecule has 0 aromatic heterocycles. The van der Waals surface area contributed by atoms with E-state index in [2.05, 4.69) is 0 Å². The molecule has 1 aliphatic heterocycles. The van der Waals surface area contributed by atoms with Gasteiger partial charge in [0.05, 0.1) is 37.6 Å². The van der Waals surface area contributed by atoms with Gasteiger partial charge < -0.3 is 24.1 Å². The Hall–Kier alpha value is -4.19. The fraction of sp³-hybridized carbons (Fsp3) is 0.571. The highest BCUT2D eigenvalue weighted by Gasteiger charge is 2.69. The van der Waals surface area contributed by atoms with Crippen LogP contribution in [-0.4, -0.2) is 74.1 Å². The number of halogens is 4. The minimum atomic E-state index is -6.58. The lowest BCUT2D eigenvalue weighted by Crippen LogP contribution is -2.58. The van der Waals surface area contributed by atoms with E-state index in [-0.39, 0.29) is 56.1 Å². The highest BCUT2D eigenvalue weighted by Crippen LogP contribution is 2.78. The molecule has 8 fully saturated rings. The van der Waals surface area contributed by atoms with Crippen LogP contribution in [0.1, 0.15) is 89.5 Å². The topological polar surface area (TPSA) is 152 Å². The summed E-state index contributed by atoms with van der Waals surface area (Å²) in [6.07, 6.45) is 5.67. The van der Waals surface area contributed by atoms with Crippen LogP contribution in [0.2, 0.25) is 0 Å². The van der Waals surface area contributed by atoms with Gasteiger partial charge in [0.15, 0.2) is 6.61 Å². The number of benzene rings is 3. The zero-order chi connectivity index (χ0) is 46.7. The second-order valence-electron chi connectivity index (χ2n) is 20.4. The van der Waals surface area contributed by atoms with Gasteiger partial charge in [0, 0.05) is 20.2 Å². The third kappa shape index (κ3) is 7.35. The number of carbonyl (C=O) groups excluding carboxylic acids is 3. The molecule has 17 heteroatoms. The molecule has 9 aliphatic rings. The summed E-state index contributed by atoms with van der Waals surface area (Å²) in [6.45, 7) is 0.112. The van der Waals surface area contributed by atoms with Crippen LogP contribution in [0.3, 0.4) is 0 Å². The normalized spacial score (nSPS) is 32.6. The van der Waals surface area contributed by atoms with Gasteiger partial charge >= 0.3 is 39.2 Å². The molecule has 356 valence electrons. The molecule has 1 heterocycles. The summed E-state index contributed by atoms with van der Waals surface area (Å²) in [5.74, 6) is -5.66. The van der Waals surface area contributed by atoms with E-state index < -0.39 is 92.2 Å². The zero-order valence-electron chi connectivity index (χ0n) is 36.8. The number of carbonyl (C=O) groups is 3. The Labute approximate surface area is 382 Å². The molecular weight excluding hydrogens is 905 g/mol. The smallest absolute Gasteiger partial charge is 0.432 e. The first-order chi connectivity index (χ1) is 31.2. The van der Waals surface area contributed by atoms with Crippen LogP contribution >= 0.6 is 10.3 Å². The number of hydrogen-bond donors (Lipinski definition) is 1. The Morgan fingerprint density at radius 2 is 1.35 bits per heavy atom. The van der Waals surface area contributed by atoms with E-state index in [0.717, 1.165) is 32.1 Å². The van der Waals surface area contributed by atoms with Crippen LogP contribution in [0.4, 0.5) is 17.6 Å². The molecule has 3 aromatic rings. The lowest BCUT2D eigenvalue weighted by Gasteiger charge is -2.59. The third-order valence-corrected chi connectivity index (χ3v) is 21.4. The Kier molecular flexibility index (Phi) is 11.0. The van der Waals surface area contributed by atoms with Crippen molar-refractivity contribution in [2.24, 2.45) is 40.9 Å². The summed E-state index contributed by atoms with van der Waals surface area (Å²) in [7, 11) is -9.11. The molecule has 2 atom stereocenters. The van der Waals surface area contributed by atoms with Crippen LogP contribution in [0.15, 0.2) is 81.4 Å². The average molecular weight is 959 g/mol. The van der Waals surface area contributed by atoms with E-state index in [9.17, 15) is 27.9 Å². The van der Waals surface area contributed by atoms with Gasteiger partial charge in [0.1, 0.15) is 11.4 Å². The Morgan fingerprint density at radius 1 is 0.773 bits per heavy atom. The number of fused-ring (bicyclic) bond motifs is 3. The lowest BCUT2D eigenvalue weighted by atomic mass is 9.48. The summed E-state index contributed by atoms with van der Waals surface area (Å²) < 4.78 is 120. The van der Waals surface area contributed by atoms with Crippen molar-refractivity contribution in [2.45, 2.75) is 127 Å². The van der Waals surface area contributed by atoms with E-state index in [1.54, 1.807) is 24.3 Å². The van der Waals surface area contributed by atoms with E-state index in [0.29, 0.717) is 48.6 Å². The van der Waals surface area contributed by atoms with Crippen molar-refractivity contribution < 1.29 is 68.0 Å². The molecule has 11 nitrogen and oxygen atoms in total. The number of esters is 3. The highest BCUT2D eigenvalue weighted by molar-refractivity contribution is 8.33. The van der Waals surface area contributed by atoms with Crippen molar-refractivity contribution in [1.29, 1.82) is 0 Å². The number of ether oxygens (including phenoxy) is 4. The summed E-state index contributed by atoms with van der Waals surface area (Å²) in [4.78, 5) is 40.3. The molecule has 8 aliphatic carbocycles. The molecule has 2 unspecified atom stereocenters. The van der Waals surface area contributed by atoms with Crippen molar-refractivity contribution in [2.75, 3.05) is 20.3 Å². The second-order valence-corrected chi connectivity index (χ2v) is 24.8. The second kappa shape index (κ2) is 15.9. The molecule has 3 aromatic carbocycles. The van der Waals surface area contributed by atoms with Crippen molar-refractivity contribution >= 4 is 38.3 Å². The number of hydrogen-bond acceptors (Lipinski definition) is 11. The fourth-order valence-corrected chi connectivity index (χ4v) is 19.3. The van der Waals surface area contributed by atoms with Gasteiger partial charge in [-0.25, -0.2) is 8.42 Å². The number of alkyl halides is 4. The van der Waals surface area contributed by atoms with Crippen molar-refractivity contribution in [3.63, 3.8) is 0 Å². The van der Waals surface area contributed by atoms with Crippen LogP contribution in [0, 0.1) is 40.9 Å². The molecule has 66 heavy (non-hydrogen) atoms. The van der Waals surface area contributed by atoms with E-state index in [4.69, 9.17) is 22.6 Å². The summed E-state index contributed by atoms with van der Waals surface area (Å²) >= 11 is 0. The number of methoxy groups -OCH3 is 1. The third-order valence-electron chi connectivity index (χ3n) is 16.1. The first kappa shape index (κ1) is 45.6. The fourth-order valence-electron chi connectivity index (χ4n) is 13.7. The first-order valence-corrected chi connectivity index (χ1v) is 25.8. The Bertz CT molecular complexity index is 2490. The Morgan fingerprint density at radius 3 is 1.92 bits per heavy atom. The molecule has 0 amide bonds. The number of aliphatic hydroxyl groups is 1. The molecule has 0 saturated heterocycles. The van der Waals surface area contributed by atoms with Crippen LogP contribution < -0.4 is 4.74 Å². The average Bonchev–Trinajstić information content (AvgIpc) is 3.53. The predicted molar refractivity (Wildman–Crippen MR) is 231 cm³/mol. The summed E-state index contributed by atoms with van der Waals surface area (Å²) in [5.41, 5.74) is -1.89. The van der Waals surface area contributed by atoms with Crippen molar-refractivity contribution in [3.05, 3.63) is 72.3 Å². The molecule has 8 bridgehead atoms. The lowest BCUT2D eigenvalue weighted by molar-refractivity contribution is -0.207. The number of rotatable bonds is 15. The van der Waals surface area contributed by atoms with Gasteiger partial charge in [-0.15, -0.1) is 0 Å². The minimum Gasteiger partial charge on any atom is -0.496 e. The van der Waals surface area contributed by atoms with Gasteiger partial charge in [-0.2, -0.15) is 26.0 Å². The van der Waals surface area contributed by atoms with Crippen LogP contribution in [0.5, 0.6) is 5.75 Å². The van der Waals surface area contributed by atoms with Gasteiger partial charge in [0.2, 0.25) is 0 Å². The molecule has 0 radical (unpaired) electrons. The van der Waals surface area contributed by atoms with Crippen LogP contribution in [-0.2, 0) is 48.8 Å². The standard InChI is InChI=1S/C49H54F4O11S2/c1-45(34-17-29-15-30(19-34)20-35(45)18-29)63-43(55)27-62-42(54)22-33-21-36(11-12-39(33)60-2)65(40-9-5-3-7-37(40)38-8-4-6-10-41(38)65)64-66(58,59)49(52,53)48(50,51)13-14-61-44(56)46-23-31-16-32(24-46)26-47(57,25-31)28-46/h3-12,21,29-32,34-35,57H,13-20,22-28H2,1-2H3. The zero-order valence-corrected chi connectivity index (χ0v) is 38.4. The molecule has 8 saturated carbocycles. The molecule has 0 spiro atoms. The maximum atomic E-state index is 16.3. The monoisotopic (exact) mass is 958 g/mol. The largest absolute Gasteiger partial charge is 0.496 e. The van der Waals surface area contributed by atoms with Gasteiger partial charge in [-0.05, 0) is 165 Å². The van der Waals surface area contributed by atoms with E-state index >= 15 is 17.6 Å². The maximum Gasteiger partial charge on any atom is 0.432 e. The van der Waals surface area contributed by atoms with Gasteiger partial charge in [0.25, 0.3) is 0 Å². The Balaban J connectivity index is 0.896. The highest BCUT2D eigenvalue weighted by atomic mass is 32.3. The van der Waals surface area contributed by atoms with Gasteiger partial charge in [-0.1, -0.05) is 36.4 Å². The van der Waals surface area contributed by atoms with E-state index in [1.807, 2.05) is 6.92 Å². The summed E-state index contributed by atoms with van der Waals surface area (Å²) in [6, 6.07) is 16.7. The maximum absolute atomic E-state index is 16.3. The van der Waals surface area contributed by atoms with E-state index in [1.165, 1.54) is 56.0 Å². The van der Waals surface area contributed by atoms with Crippen molar-refractivity contribution in [1.82, 2.24) is 0 Å². The molecular formula is C49H54F4O11S2. The first-order valence-electron chi connectivity index (χ1n) is 22.9. The SMILES string of the molecule is COc1ccc(S2(OS(=O)(=O)C(F)(F)C(F)(F)CCOC(=O)C34CC5CC(CC(O)(C5)C3)C4)c3ccccc3-c3ccccc32)cc1CC(=O)OCC(=O)OC1(C)C2CC3CC(C2)CC1C3. The summed E-state index contributed by atoms with van der Waals surface area (Å²) in [5, 5.41) is 5.23. The van der Waals surface area contributed by atoms with Gasteiger partial charge in [-0.3, -0.25) is 9.59 Å². The minimum absolute atomic E-state index is 0.0356. The quantitative estimate of drug-likeness (QED) is 0.0881. The molecule has 1 N–H and O–H groups in total. The predicted octanol–water partition coefficient (Wildman–Crippen LogP) is 9.56.